The minimum Gasteiger partial charge on any atom is -0.480 e. The molecule has 1 rings (SSSR count). The first-order valence-corrected chi connectivity index (χ1v) is 4.63. The van der Waals surface area contributed by atoms with Crippen LogP contribution in [0.15, 0.2) is 0 Å². The first-order chi connectivity index (χ1) is 6.28. The zero-order valence-corrected chi connectivity index (χ0v) is 8.46. The van der Waals surface area contributed by atoms with Crippen molar-refractivity contribution < 1.29 is 14.7 Å². The van der Waals surface area contributed by atoms with Crippen LogP contribution in [0, 0.1) is 0 Å². The second-order valence-corrected chi connectivity index (χ2v) is 4.39. The van der Waals surface area contributed by atoms with Gasteiger partial charge in [-0.2, -0.15) is 0 Å². The van der Waals surface area contributed by atoms with Gasteiger partial charge in [0.05, 0.1) is 5.54 Å². The molecule has 0 atom stereocenters. The van der Waals surface area contributed by atoms with E-state index in [2.05, 4.69) is 5.32 Å². The molecule has 5 nitrogen and oxygen atoms in total. The van der Waals surface area contributed by atoms with Gasteiger partial charge in [-0.15, -0.1) is 0 Å². The standard InChI is InChI=1S/C9H16N2O3/c1-8(2,7(13)14)11-6(12)9(10)4-3-5-9/h3-5,10H2,1-2H3,(H,11,12)(H,13,14). The van der Waals surface area contributed by atoms with E-state index in [1.807, 2.05) is 0 Å². The van der Waals surface area contributed by atoms with Crippen LogP contribution in [0.3, 0.4) is 0 Å². The Morgan fingerprint density at radius 2 is 1.93 bits per heavy atom. The summed E-state index contributed by atoms with van der Waals surface area (Å²) in [5.41, 5.74) is 3.66. The summed E-state index contributed by atoms with van der Waals surface area (Å²) in [5.74, 6) is -1.43. The molecule has 0 radical (unpaired) electrons. The Labute approximate surface area is 82.7 Å². The molecule has 0 bridgehead atoms. The molecule has 14 heavy (non-hydrogen) atoms. The minimum absolute atomic E-state index is 0.365. The molecular weight excluding hydrogens is 184 g/mol. The molecule has 0 heterocycles. The third kappa shape index (κ3) is 1.87. The molecular formula is C9H16N2O3. The zero-order chi connectivity index (χ0) is 11.0. The highest BCUT2D eigenvalue weighted by Crippen LogP contribution is 2.29. The number of aliphatic carboxylic acids is 1. The van der Waals surface area contributed by atoms with Gasteiger partial charge in [0, 0.05) is 0 Å². The van der Waals surface area contributed by atoms with Crippen LogP contribution in [-0.4, -0.2) is 28.1 Å². The van der Waals surface area contributed by atoms with E-state index in [1.165, 1.54) is 13.8 Å². The number of hydrogen-bond donors (Lipinski definition) is 3. The second-order valence-electron chi connectivity index (χ2n) is 4.39. The molecule has 0 unspecified atom stereocenters. The molecule has 0 aromatic carbocycles. The lowest BCUT2D eigenvalue weighted by atomic mass is 9.76. The molecule has 0 saturated heterocycles. The van der Waals surface area contributed by atoms with Crippen LogP contribution in [0.1, 0.15) is 33.1 Å². The molecule has 1 aliphatic rings. The maximum absolute atomic E-state index is 11.6. The van der Waals surface area contributed by atoms with Gasteiger partial charge in [0.15, 0.2) is 0 Å². The van der Waals surface area contributed by atoms with Crippen molar-refractivity contribution >= 4 is 11.9 Å². The lowest BCUT2D eigenvalue weighted by Gasteiger charge is -2.38. The summed E-state index contributed by atoms with van der Waals surface area (Å²) in [5, 5.41) is 11.2. The molecule has 4 N–H and O–H groups in total. The highest BCUT2D eigenvalue weighted by molar-refractivity contribution is 5.92. The highest BCUT2D eigenvalue weighted by Gasteiger charge is 2.43. The Hall–Kier alpha value is -1.10. The molecule has 1 aliphatic carbocycles. The number of carbonyl (C=O) groups excluding carboxylic acids is 1. The van der Waals surface area contributed by atoms with E-state index in [9.17, 15) is 9.59 Å². The van der Waals surface area contributed by atoms with E-state index in [-0.39, 0.29) is 5.91 Å². The third-order valence-electron chi connectivity index (χ3n) is 2.66. The summed E-state index contributed by atoms with van der Waals surface area (Å²) in [4.78, 5) is 22.3. The normalized spacial score (nSPS) is 19.6. The van der Waals surface area contributed by atoms with Crippen LogP contribution in [0.5, 0.6) is 0 Å². The van der Waals surface area contributed by atoms with Gasteiger partial charge in [-0.25, -0.2) is 4.79 Å². The molecule has 1 amide bonds. The average molecular weight is 200 g/mol. The van der Waals surface area contributed by atoms with Crippen LogP contribution in [0.2, 0.25) is 0 Å². The summed E-state index contributed by atoms with van der Waals surface area (Å²) in [6.07, 6.45) is 2.19. The maximum atomic E-state index is 11.6. The Morgan fingerprint density at radius 1 is 1.43 bits per heavy atom. The summed E-state index contributed by atoms with van der Waals surface area (Å²) >= 11 is 0. The van der Waals surface area contributed by atoms with E-state index in [1.54, 1.807) is 0 Å². The molecule has 5 heteroatoms. The van der Waals surface area contributed by atoms with Gasteiger partial charge >= 0.3 is 5.97 Å². The van der Waals surface area contributed by atoms with E-state index in [0.717, 1.165) is 6.42 Å². The fourth-order valence-electron chi connectivity index (χ4n) is 1.25. The fraction of sp³-hybridized carbons (Fsp3) is 0.778. The summed E-state index contributed by atoms with van der Waals surface area (Å²) < 4.78 is 0. The summed E-state index contributed by atoms with van der Waals surface area (Å²) in [7, 11) is 0. The largest absolute Gasteiger partial charge is 0.480 e. The summed E-state index contributed by atoms with van der Waals surface area (Å²) in [6.45, 7) is 2.88. The maximum Gasteiger partial charge on any atom is 0.328 e. The predicted molar refractivity (Wildman–Crippen MR) is 50.6 cm³/mol. The molecule has 0 aromatic rings. The van der Waals surface area contributed by atoms with Crippen LogP contribution in [-0.2, 0) is 9.59 Å². The number of carbonyl (C=O) groups is 2. The van der Waals surface area contributed by atoms with Crippen molar-refractivity contribution in [2.24, 2.45) is 5.73 Å². The smallest absolute Gasteiger partial charge is 0.328 e. The van der Waals surface area contributed by atoms with Gasteiger partial charge in [-0.1, -0.05) is 0 Å². The van der Waals surface area contributed by atoms with Gasteiger partial charge in [0.2, 0.25) is 5.91 Å². The number of nitrogens with one attached hydrogen (secondary N) is 1. The fourth-order valence-corrected chi connectivity index (χ4v) is 1.25. The number of hydrogen-bond acceptors (Lipinski definition) is 3. The van der Waals surface area contributed by atoms with Gasteiger partial charge in [-0.05, 0) is 33.1 Å². The zero-order valence-electron chi connectivity index (χ0n) is 8.46. The average Bonchev–Trinajstić information content (AvgIpc) is 1.98. The number of rotatable bonds is 3. The molecule has 0 aromatic heterocycles. The molecule has 80 valence electrons. The number of carboxylic acids is 1. The van der Waals surface area contributed by atoms with E-state index in [4.69, 9.17) is 10.8 Å². The Bertz CT molecular complexity index is 269. The Morgan fingerprint density at radius 3 is 2.21 bits per heavy atom. The first kappa shape index (κ1) is 11.0. The molecule has 1 fully saturated rings. The highest BCUT2D eigenvalue weighted by atomic mass is 16.4. The van der Waals surface area contributed by atoms with Crippen molar-refractivity contribution in [3.8, 4) is 0 Å². The van der Waals surface area contributed by atoms with Gasteiger partial charge in [0.25, 0.3) is 0 Å². The van der Waals surface area contributed by atoms with Gasteiger partial charge in [0.1, 0.15) is 5.54 Å². The van der Waals surface area contributed by atoms with Crippen molar-refractivity contribution in [3.05, 3.63) is 0 Å². The molecule has 1 saturated carbocycles. The number of carboxylic acid groups (broad SMARTS) is 1. The van der Waals surface area contributed by atoms with Crippen molar-refractivity contribution in [1.82, 2.24) is 5.32 Å². The lowest BCUT2D eigenvalue weighted by molar-refractivity contribution is -0.147. The second kappa shape index (κ2) is 3.24. The van der Waals surface area contributed by atoms with E-state index < -0.39 is 17.0 Å². The lowest BCUT2D eigenvalue weighted by Crippen LogP contribution is -2.63. The summed E-state index contributed by atoms with van der Waals surface area (Å²) in [6, 6.07) is 0. The van der Waals surface area contributed by atoms with E-state index >= 15 is 0 Å². The van der Waals surface area contributed by atoms with Gasteiger partial charge in [-0.3, -0.25) is 4.79 Å². The van der Waals surface area contributed by atoms with Crippen molar-refractivity contribution in [1.29, 1.82) is 0 Å². The predicted octanol–water partition coefficient (Wildman–Crippen LogP) is -0.153. The SMILES string of the molecule is CC(C)(NC(=O)C1(N)CCC1)C(=O)O. The van der Waals surface area contributed by atoms with Crippen LogP contribution >= 0.6 is 0 Å². The van der Waals surface area contributed by atoms with Crippen molar-refractivity contribution in [2.75, 3.05) is 0 Å². The Balaban J connectivity index is 2.60. The topological polar surface area (TPSA) is 92.4 Å². The monoisotopic (exact) mass is 200 g/mol. The number of amides is 1. The quantitative estimate of drug-likeness (QED) is 0.590. The van der Waals surface area contributed by atoms with E-state index in [0.29, 0.717) is 12.8 Å². The first-order valence-electron chi connectivity index (χ1n) is 4.63. The molecule has 0 aliphatic heterocycles. The van der Waals surface area contributed by atoms with Gasteiger partial charge < -0.3 is 16.2 Å². The minimum atomic E-state index is -1.25. The van der Waals surface area contributed by atoms with Crippen molar-refractivity contribution in [3.63, 3.8) is 0 Å². The Kier molecular flexibility index (Phi) is 2.54. The molecule has 0 spiro atoms. The van der Waals surface area contributed by atoms with Crippen LogP contribution in [0.4, 0.5) is 0 Å². The van der Waals surface area contributed by atoms with Crippen molar-refractivity contribution in [2.45, 2.75) is 44.2 Å². The third-order valence-corrected chi connectivity index (χ3v) is 2.66. The van der Waals surface area contributed by atoms with Crippen LogP contribution in [0.25, 0.3) is 0 Å². The van der Waals surface area contributed by atoms with Crippen LogP contribution < -0.4 is 11.1 Å². The number of nitrogens with two attached hydrogens (primary N) is 1.